The number of rotatable bonds is 3. The van der Waals surface area contributed by atoms with Crippen molar-refractivity contribution < 1.29 is 9.53 Å². The molecule has 0 spiro atoms. The normalized spacial score (nSPS) is 21.0. The zero-order chi connectivity index (χ0) is 17.3. The number of likely N-dealkylation sites (N-methyl/N-ethyl adjacent to an activating group) is 1. The van der Waals surface area contributed by atoms with Crippen molar-refractivity contribution in [3.05, 3.63) is 33.9 Å². The molecule has 1 aromatic carbocycles. The lowest BCUT2D eigenvalue weighted by Crippen LogP contribution is -2.41. The highest BCUT2D eigenvalue weighted by atomic mass is 79.9. The number of thiocarbonyl (C=S) groups is 1. The van der Waals surface area contributed by atoms with Gasteiger partial charge in [0.05, 0.1) is 7.11 Å². The van der Waals surface area contributed by atoms with Crippen molar-refractivity contribution in [2.24, 2.45) is 0 Å². The van der Waals surface area contributed by atoms with E-state index >= 15 is 0 Å². The van der Waals surface area contributed by atoms with Gasteiger partial charge in [0.25, 0.3) is 5.91 Å². The van der Waals surface area contributed by atoms with Gasteiger partial charge in [-0.15, -0.1) is 0 Å². The van der Waals surface area contributed by atoms with Gasteiger partial charge in [-0.1, -0.05) is 35.2 Å². The molecular weight excluding hydrogens is 388 g/mol. The average Bonchev–Trinajstić information content (AvgIpc) is 2.79. The van der Waals surface area contributed by atoms with Crippen molar-refractivity contribution in [2.75, 3.05) is 14.2 Å². The molecule has 3 rings (SSSR count). The third kappa shape index (κ3) is 3.22. The van der Waals surface area contributed by atoms with E-state index in [0.29, 0.717) is 10.8 Å². The number of halogens is 1. The zero-order valence-electron chi connectivity index (χ0n) is 13.9. The molecule has 1 saturated heterocycles. The lowest BCUT2D eigenvalue weighted by Gasteiger charge is -2.30. The number of carbonyl (C=O) groups is 1. The summed E-state index contributed by atoms with van der Waals surface area (Å²) in [5.74, 6) is 0.727. The summed E-state index contributed by atoms with van der Waals surface area (Å²) in [7, 11) is 3.49. The van der Waals surface area contributed by atoms with Crippen molar-refractivity contribution in [3.8, 4) is 5.75 Å². The molecule has 128 valence electrons. The van der Waals surface area contributed by atoms with Crippen molar-refractivity contribution >= 4 is 45.2 Å². The van der Waals surface area contributed by atoms with Crippen LogP contribution in [0.15, 0.2) is 28.4 Å². The highest BCUT2D eigenvalue weighted by Gasteiger charge is 2.40. The summed E-state index contributed by atoms with van der Waals surface area (Å²) in [6, 6.07) is 5.98. The summed E-state index contributed by atoms with van der Waals surface area (Å²) < 4.78 is 6.35. The van der Waals surface area contributed by atoms with E-state index in [1.54, 1.807) is 7.11 Å². The van der Waals surface area contributed by atoms with Crippen LogP contribution in [0.4, 0.5) is 0 Å². The molecule has 0 radical (unpaired) electrons. The molecule has 1 amide bonds. The summed E-state index contributed by atoms with van der Waals surface area (Å²) >= 11 is 9.02. The Kier molecular flexibility index (Phi) is 5.25. The van der Waals surface area contributed by atoms with Crippen LogP contribution in [0.25, 0.3) is 6.08 Å². The van der Waals surface area contributed by atoms with Gasteiger partial charge in [0.1, 0.15) is 11.4 Å². The van der Waals surface area contributed by atoms with Crippen LogP contribution >= 0.6 is 28.1 Å². The Balaban J connectivity index is 1.95. The molecule has 1 heterocycles. The minimum absolute atomic E-state index is 0.00331. The molecule has 1 aromatic rings. The lowest BCUT2D eigenvalue weighted by molar-refractivity contribution is -0.124. The Hall–Kier alpha value is -1.40. The van der Waals surface area contributed by atoms with Gasteiger partial charge in [0.2, 0.25) is 0 Å². The van der Waals surface area contributed by atoms with Gasteiger partial charge in [-0.3, -0.25) is 9.69 Å². The molecule has 2 aliphatic rings. The number of hydrogen-bond donors (Lipinski definition) is 0. The topological polar surface area (TPSA) is 32.8 Å². The Morgan fingerprint density at radius 3 is 2.67 bits per heavy atom. The lowest BCUT2D eigenvalue weighted by atomic mass is 9.94. The number of amides is 1. The highest BCUT2D eigenvalue weighted by Crippen LogP contribution is 2.32. The highest BCUT2D eigenvalue weighted by molar-refractivity contribution is 9.10. The zero-order valence-corrected chi connectivity index (χ0v) is 16.3. The Morgan fingerprint density at radius 1 is 1.29 bits per heavy atom. The fourth-order valence-corrected chi connectivity index (χ4v) is 4.11. The predicted molar refractivity (Wildman–Crippen MR) is 103 cm³/mol. The van der Waals surface area contributed by atoms with E-state index in [-0.39, 0.29) is 11.9 Å². The molecule has 0 bridgehead atoms. The van der Waals surface area contributed by atoms with Gasteiger partial charge < -0.3 is 9.64 Å². The summed E-state index contributed by atoms with van der Waals surface area (Å²) in [5, 5.41) is 0.604. The maximum Gasteiger partial charge on any atom is 0.277 e. The SMILES string of the molecule is COc1ccc(Br)cc1C=C1C(=O)N(C2CCCCC2)C(=S)N1C. The molecule has 2 fully saturated rings. The van der Waals surface area contributed by atoms with Gasteiger partial charge >= 0.3 is 0 Å². The molecule has 24 heavy (non-hydrogen) atoms. The van der Waals surface area contributed by atoms with Crippen LogP contribution in [-0.2, 0) is 4.79 Å². The summed E-state index contributed by atoms with van der Waals surface area (Å²) in [6.45, 7) is 0. The van der Waals surface area contributed by atoms with Crippen LogP contribution in [0, 0.1) is 0 Å². The number of benzene rings is 1. The molecule has 0 aromatic heterocycles. The molecule has 6 heteroatoms. The van der Waals surface area contributed by atoms with Crippen molar-refractivity contribution in [2.45, 2.75) is 38.1 Å². The average molecular weight is 409 g/mol. The first kappa shape index (κ1) is 17.4. The summed E-state index contributed by atoms with van der Waals surface area (Å²) in [4.78, 5) is 16.6. The fourth-order valence-electron chi connectivity index (χ4n) is 3.40. The van der Waals surface area contributed by atoms with Crippen molar-refractivity contribution in [1.82, 2.24) is 9.80 Å². The van der Waals surface area contributed by atoms with Gasteiger partial charge in [0, 0.05) is 23.1 Å². The first-order chi connectivity index (χ1) is 11.5. The third-order valence-corrected chi connectivity index (χ3v) is 5.68. The molecule has 0 unspecified atom stereocenters. The number of nitrogens with zero attached hydrogens (tertiary/aromatic N) is 2. The fraction of sp³-hybridized carbons (Fsp3) is 0.444. The summed E-state index contributed by atoms with van der Waals surface area (Å²) in [5.41, 5.74) is 1.46. The van der Waals surface area contributed by atoms with E-state index in [2.05, 4.69) is 15.9 Å². The van der Waals surface area contributed by atoms with E-state index in [9.17, 15) is 4.79 Å². The van der Waals surface area contributed by atoms with Crippen LogP contribution in [0.5, 0.6) is 5.75 Å². The number of carbonyl (C=O) groups excluding carboxylic acids is 1. The monoisotopic (exact) mass is 408 g/mol. The Bertz CT molecular complexity index is 698. The number of methoxy groups -OCH3 is 1. The minimum atomic E-state index is -0.00331. The second kappa shape index (κ2) is 7.23. The van der Waals surface area contributed by atoms with Gasteiger partial charge in [0.15, 0.2) is 5.11 Å². The van der Waals surface area contributed by atoms with Crippen LogP contribution in [0.1, 0.15) is 37.7 Å². The van der Waals surface area contributed by atoms with Gasteiger partial charge in [-0.25, -0.2) is 0 Å². The van der Waals surface area contributed by atoms with E-state index < -0.39 is 0 Å². The molecule has 1 saturated carbocycles. The van der Waals surface area contributed by atoms with E-state index in [1.807, 2.05) is 41.1 Å². The largest absolute Gasteiger partial charge is 0.496 e. The molecular formula is C18H21BrN2O2S. The molecule has 0 N–H and O–H groups in total. The number of hydrogen-bond acceptors (Lipinski definition) is 3. The predicted octanol–water partition coefficient (Wildman–Crippen LogP) is 4.19. The van der Waals surface area contributed by atoms with E-state index in [4.69, 9.17) is 17.0 Å². The van der Waals surface area contributed by atoms with Crippen molar-refractivity contribution in [1.29, 1.82) is 0 Å². The third-order valence-electron chi connectivity index (χ3n) is 4.72. The second-order valence-electron chi connectivity index (χ2n) is 6.22. The van der Waals surface area contributed by atoms with Crippen molar-refractivity contribution in [3.63, 3.8) is 0 Å². The maximum atomic E-state index is 13.0. The standard InChI is InChI=1S/C18H21BrN2O2S/c1-20-15(11-12-10-13(19)8-9-16(12)23-2)17(22)21(18(20)24)14-6-4-3-5-7-14/h8-11,14H,3-7H2,1-2H3. The van der Waals surface area contributed by atoms with Crippen LogP contribution in [-0.4, -0.2) is 41.0 Å². The Morgan fingerprint density at radius 2 is 2.00 bits per heavy atom. The van der Waals surface area contributed by atoms with Crippen LogP contribution in [0.3, 0.4) is 0 Å². The first-order valence-corrected chi connectivity index (χ1v) is 9.39. The minimum Gasteiger partial charge on any atom is -0.496 e. The molecule has 1 aliphatic carbocycles. The smallest absolute Gasteiger partial charge is 0.277 e. The molecule has 4 nitrogen and oxygen atoms in total. The quantitative estimate of drug-likeness (QED) is 0.554. The van der Waals surface area contributed by atoms with Crippen LogP contribution in [0.2, 0.25) is 0 Å². The van der Waals surface area contributed by atoms with Gasteiger partial charge in [-0.05, 0) is 49.3 Å². The van der Waals surface area contributed by atoms with Gasteiger partial charge in [-0.2, -0.15) is 0 Å². The second-order valence-corrected chi connectivity index (χ2v) is 7.51. The Labute approximate surface area is 156 Å². The van der Waals surface area contributed by atoms with E-state index in [1.165, 1.54) is 19.3 Å². The summed E-state index contributed by atoms with van der Waals surface area (Å²) in [6.07, 6.45) is 7.51. The van der Waals surface area contributed by atoms with Crippen LogP contribution < -0.4 is 4.74 Å². The molecule has 0 atom stereocenters. The molecule has 1 aliphatic heterocycles. The maximum absolute atomic E-state index is 13.0. The number of ether oxygens (including phenoxy) is 1. The van der Waals surface area contributed by atoms with E-state index in [0.717, 1.165) is 28.6 Å². The first-order valence-electron chi connectivity index (χ1n) is 8.19.